The summed E-state index contributed by atoms with van der Waals surface area (Å²) in [5.74, 6) is 1.98. The molecule has 4 heteroatoms. The van der Waals surface area contributed by atoms with Crippen LogP contribution in [0.1, 0.15) is 42.1 Å². The van der Waals surface area contributed by atoms with Crippen LogP contribution in [0.15, 0.2) is 35.1 Å². The number of aliphatic imine (C=N–C) groups is 1. The van der Waals surface area contributed by atoms with Gasteiger partial charge in [0.15, 0.2) is 0 Å². The summed E-state index contributed by atoms with van der Waals surface area (Å²) in [7, 11) is 0. The molecule has 0 amide bonds. The number of hydrogen-bond acceptors (Lipinski definition) is 4. The first-order chi connectivity index (χ1) is 11.2. The number of hydrogen-bond donors (Lipinski definition) is 0. The zero-order valence-electron chi connectivity index (χ0n) is 14.0. The molecule has 1 aromatic rings. The Morgan fingerprint density at radius 2 is 2.22 bits per heavy atom. The Morgan fingerprint density at radius 1 is 1.39 bits per heavy atom. The van der Waals surface area contributed by atoms with Crippen molar-refractivity contribution >= 4 is 18.3 Å². The Balaban J connectivity index is 1.69. The molecular formula is C19H25N3O. The van der Waals surface area contributed by atoms with Crippen molar-refractivity contribution in [2.24, 2.45) is 10.9 Å². The average molecular weight is 311 g/mol. The third-order valence-electron chi connectivity index (χ3n) is 4.46. The van der Waals surface area contributed by atoms with Crippen LogP contribution < -0.4 is 4.90 Å². The van der Waals surface area contributed by atoms with Crippen LogP contribution in [0.5, 0.6) is 0 Å². The minimum atomic E-state index is 0.718. The minimum Gasteiger partial charge on any atom is -0.357 e. The number of aryl methyl sites for hydroxylation is 1. The van der Waals surface area contributed by atoms with Gasteiger partial charge in [-0.1, -0.05) is 6.92 Å². The second kappa shape index (κ2) is 6.99. The predicted molar refractivity (Wildman–Crippen MR) is 95.1 cm³/mol. The third kappa shape index (κ3) is 3.81. The topological polar surface area (TPSA) is 35.9 Å². The highest BCUT2D eigenvalue weighted by molar-refractivity contribution is 5.84. The molecular weight excluding hydrogens is 286 g/mol. The molecule has 4 nitrogen and oxygen atoms in total. The van der Waals surface area contributed by atoms with Crippen molar-refractivity contribution in [3.8, 4) is 0 Å². The standard InChI is InChI=1S/C19H25N3O/c1-3-9-21(12-16-4-5-16)19-8-10-22(14-20-19)18-7-6-17(13-23)11-15(18)2/h6-8,11,13-14,16H,3-5,9-10,12H2,1-2H3. The van der Waals surface area contributed by atoms with Gasteiger partial charge < -0.3 is 9.80 Å². The third-order valence-corrected chi connectivity index (χ3v) is 4.46. The average Bonchev–Trinajstić information content (AvgIpc) is 3.39. The number of rotatable bonds is 7. The van der Waals surface area contributed by atoms with Crippen LogP contribution in [-0.2, 0) is 0 Å². The van der Waals surface area contributed by atoms with Crippen molar-refractivity contribution in [2.75, 3.05) is 24.5 Å². The van der Waals surface area contributed by atoms with Gasteiger partial charge in [0, 0.05) is 30.9 Å². The summed E-state index contributed by atoms with van der Waals surface area (Å²) >= 11 is 0. The van der Waals surface area contributed by atoms with Gasteiger partial charge in [0.2, 0.25) is 0 Å². The molecule has 1 aliphatic heterocycles. The van der Waals surface area contributed by atoms with Crippen LogP contribution in [0.3, 0.4) is 0 Å². The summed E-state index contributed by atoms with van der Waals surface area (Å²) in [6, 6.07) is 5.78. The van der Waals surface area contributed by atoms with Crippen LogP contribution in [0.25, 0.3) is 0 Å². The van der Waals surface area contributed by atoms with Gasteiger partial charge in [0.1, 0.15) is 12.1 Å². The van der Waals surface area contributed by atoms with E-state index in [0.717, 1.165) is 60.9 Å². The first kappa shape index (κ1) is 15.8. The van der Waals surface area contributed by atoms with Crippen molar-refractivity contribution in [1.82, 2.24) is 4.90 Å². The first-order valence-electron chi connectivity index (χ1n) is 8.53. The Bertz CT molecular complexity index is 632. The van der Waals surface area contributed by atoms with Gasteiger partial charge in [-0.05, 0) is 61.9 Å². The van der Waals surface area contributed by atoms with Crippen LogP contribution in [-0.4, -0.2) is 37.2 Å². The summed E-state index contributed by atoms with van der Waals surface area (Å²) in [5, 5.41) is 0. The molecule has 0 atom stereocenters. The van der Waals surface area contributed by atoms with Crippen LogP contribution >= 0.6 is 0 Å². The number of nitrogens with zero attached hydrogens (tertiary/aromatic N) is 3. The number of aldehydes is 1. The van der Waals surface area contributed by atoms with Crippen LogP contribution in [0.4, 0.5) is 5.69 Å². The Kier molecular flexibility index (Phi) is 4.79. The van der Waals surface area contributed by atoms with Gasteiger partial charge in [-0.15, -0.1) is 0 Å². The van der Waals surface area contributed by atoms with Gasteiger partial charge >= 0.3 is 0 Å². The zero-order valence-corrected chi connectivity index (χ0v) is 14.0. The molecule has 0 unspecified atom stereocenters. The van der Waals surface area contributed by atoms with Gasteiger partial charge in [0.25, 0.3) is 0 Å². The maximum Gasteiger partial charge on any atom is 0.150 e. The molecule has 3 rings (SSSR count). The predicted octanol–water partition coefficient (Wildman–Crippen LogP) is 3.62. The second-order valence-corrected chi connectivity index (χ2v) is 6.51. The smallest absolute Gasteiger partial charge is 0.150 e. The number of carbonyl (C=O) groups is 1. The highest BCUT2D eigenvalue weighted by atomic mass is 16.1. The fourth-order valence-electron chi connectivity index (χ4n) is 3.04. The minimum absolute atomic E-state index is 0.718. The van der Waals surface area contributed by atoms with Gasteiger partial charge in [-0.3, -0.25) is 4.79 Å². The molecule has 122 valence electrons. The number of anilines is 1. The van der Waals surface area contributed by atoms with Crippen molar-refractivity contribution in [3.63, 3.8) is 0 Å². The van der Waals surface area contributed by atoms with E-state index in [1.165, 1.54) is 12.8 Å². The highest BCUT2D eigenvalue weighted by Gasteiger charge is 2.25. The fraction of sp³-hybridized carbons (Fsp3) is 0.474. The fourth-order valence-corrected chi connectivity index (χ4v) is 3.04. The lowest BCUT2D eigenvalue weighted by Crippen LogP contribution is -2.31. The lowest BCUT2D eigenvalue weighted by molar-refractivity contribution is 0.112. The van der Waals surface area contributed by atoms with E-state index in [2.05, 4.69) is 27.8 Å². The van der Waals surface area contributed by atoms with Crippen molar-refractivity contribution < 1.29 is 4.79 Å². The summed E-state index contributed by atoms with van der Waals surface area (Å²) in [6.45, 7) is 7.30. The summed E-state index contributed by atoms with van der Waals surface area (Å²) in [4.78, 5) is 20.1. The quantitative estimate of drug-likeness (QED) is 0.722. The van der Waals surface area contributed by atoms with Crippen LogP contribution in [0.2, 0.25) is 0 Å². The molecule has 0 N–H and O–H groups in total. The Morgan fingerprint density at radius 3 is 2.78 bits per heavy atom. The van der Waals surface area contributed by atoms with Gasteiger partial charge in [-0.2, -0.15) is 0 Å². The zero-order chi connectivity index (χ0) is 16.2. The SMILES string of the molecule is CCCN(CC1CC1)C1=CCN(c2ccc(C=O)cc2C)C=N1. The van der Waals surface area contributed by atoms with Crippen LogP contribution in [0, 0.1) is 12.8 Å². The molecule has 1 saturated carbocycles. The Hall–Kier alpha value is -2.10. The van der Waals surface area contributed by atoms with E-state index >= 15 is 0 Å². The number of benzene rings is 1. The van der Waals surface area contributed by atoms with Gasteiger partial charge in [-0.25, -0.2) is 4.99 Å². The van der Waals surface area contributed by atoms with E-state index in [1.807, 2.05) is 31.5 Å². The van der Waals surface area contributed by atoms with E-state index in [-0.39, 0.29) is 0 Å². The summed E-state index contributed by atoms with van der Waals surface area (Å²) < 4.78 is 0. The highest BCUT2D eigenvalue weighted by Crippen LogP contribution is 2.31. The first-order valence-corrected chi connectivity index (χ1v) is 8.53. The van der Waals surface area contributed by atoms with E-state index in [9.17, 15) is 4.79 Å². The largest absolute Gasteiger partial charge is 0.357 e. The van der Waals surface area contributed by atoms with Gasteiger partial charge in [0.05, 0.1) is 6.34 Å². The van der Waals surface area contributed by atoms with E-state index in [0.29, 0.717) is 0 Å². The normalized spacial score (nSPS) is 17.1. The van der Waals surface area contributed by atoms with E-state index in [4.69, 9.17) is 0 Å². The monoisotopic (exact) mass is 311 g/mol. The molecule has 23 heavy (non-hydrogen) atoms. The molecule has 1 heterocycles. The van der Waals surface area contributed by atoms with E-state index in [1.54, 1.807) is 0 Å². The summed E-state index contributed by atoms with van der Waals surface area (Å²) in [6.07, 6.45) is 8.91. The Labute approximate surface area is 138 Å². The molecule has 0 radical (unpaired) electrons. The molecule has 0 saturated heterocycles. The van der Waals surface area contributed by atoms with Crippen molar-refractivity contribution in [3.05, 3.63) is 41.2 Å². The number of carbonyl (C=O) groups excluding carboxylic acids is 1. The summed E-state index contributed by atoms with van der Waals surface area (Å²) in [5.41, 5.74) is 2.93. The molecule has 0 bridgehead atoms. The second-order valence-electron chi connectivity index (χ2n) is 6.51. The maximum absolute atomic E-state index is 10.9. The molecule has 1 aliphatic carbocycles. The van der Waals surface area contributed by atoms with E-state index < -0.39 is 0 Å². The van der Waals surface area contributed by atoms with Crippen molar-refractivity contribution in [2.45, 2.75) is 33.1 Å². The molecule has 1 aromatic carbocycles. The molecule has 2 aliphatic rings. The molecule has 0 aromatic heterocycles. The lowest BCUT2D eigenvalue weighted by atomic mass is 10.1. The lowest BCUT2D eigenvalue weighted by Gasteiger charge is -2.29. The molecule has 1 fully saturated rings. The maximum atomic E-state index is 10.9. The van der Waals surface area contributed by atoms with Crippen molar-refractivity contribution in [1.29, 1.82) is 0 Å². The molecule has 0 spiro atoms.